The molecule has 1 atom stereocenters. The van der Waals surface area contributed by atoms with E-state index in [-0.39, 0.29) is 11.0 Å². The van der Waals surface area contributed by atoms with Crippen molar-refractivity contribution < 1.29 is 0 Å². The molecule has 0 N–H and O–H groups in total. The summed E-state index contributed by atoms with van der Waals surface area (Å²) in [5.74, 6) is 0.222. The SMILES string of the molecule is C=C/C=C\C1=C(C)C(c2ccccc2-c2ccccc2)(c2ccccc2-c2ccccc2)C2=CC(c3ccc(C(C)(C)[Si](C)CC)cc3)=CC(C)C=C21. The summed E-state index contributed by atoms with van der Waals surface area (Å²) in [6, 6.07) is 50.8. The fourth-order valence-electron chi connectivity index (χ4n) is 8.64. The van der Waals surface area contributed by atoms with Gasteiger partial charge >= 0.3 is 0 Å². The lowest BCUT2D eigenvalue weighted by molar-refractivity contribution is 0.731. The van der Waals surface area contributed by atoms with Crippen LogP contribution in [-0.4, -0.2) is 8.80 Å². The van der Waals surface area contributed by atoms with Gasteiger partial charge in [0.2, 0.25) is 0 Å². The van der Waals surface area contributed by atoms with E-state index in [1.165, 1.54) is 78.4 Å². The van der Waals surface area contributed by atoms with Crippen LogP contribution in [0.15, 0.2) is 199 Å². The lowest BCUT2D eigenvalue weighted by Gasteiger charge is -2.38. The second kappa shape index (κ2) is 15.0. The molecule has 5 aromatic rings. The quantitative estimate of drug-likeness (QED) is 0.100. The summed E-state index contributed by atoms with van der Waals surface area (Å²) >= 11 is 0. The molecule has 0 fully saturated rings. The van der Waals surface area contributed by atoms with Gasteiger partial charge in [-0.2, -0.15) is 0 Å². The molecule has 5 aromatic carbocycles. The maximum atomic E-state index is 4.08. The van der Waals surface area contributed by atoms with Gasteiger partial charge in [-0.1, -0.05) is 211 Å². The molecule has 0 bridgehead atoms. The van der Waals surface area contributed by atoms with Crippen molar-refractivity contribution in [3.05, 3.63) is 221 Å². The minimum absolute atomic E-state index is 0.201. The number of fused-ring (bicyclic) bond motifs is 1. The van der Waals surface area contributed by atoms with Gasteiger partial charge in [-0.3, -0.25) is 0 Å². The summed E-state index contributed by atoms with van der Waals surface area (Å²) in [5, 5.41) is 0.201. The van der Waals surface area contributed by atoms with Crippen molar-refractivity contribution in [2.45, 2.75) is 57.7 Å². The first kappa shape index (κ1) is 36.1. The molecule has 0 aromatic heterocycles. The maximum absolute atomic E-state index is 4.08. The van der Waals surface area contributed by atoms with Crippen molar-refractivity contribution in [1.82, 2.24) is 0 Å². The Morgan fingerprint density at radius 3 is 1.75 bits per heavy atom. The van der Waals surface area contributed by atoms with Crippen LogP contribution in [0.1, 0.15) is 56.9 Å². The topological polar surface area (TPSA) is 0 Å². The molecule has 1 radical (unpaired) electrons. The van der Waals surface area contributed by atoms with E-state index in [0.29, 0.717) is 0 Å². The Morgan fingerprint density at radius 2 is 1.23 bits per heavy atom. The largest absolute Gasteiger partial charge is 0.0991 e. The zero-order chi connectivity index (χ0) is 37.2. The van der Waals surface area contributed by atoms with Crippen molar-refractivity contribution in [3.63, 3.8) is 0 Å². The summed E-state index contributed by atoms with van der Waals surface area (Å²) in [6.07, 6.45) is 13.8. The van der Waals surface area contributed by atoms with Gasteiger partial charge in [-0.15, -0.1) is 0 Å². The van der Waals surface area contributed by atoms with Gasteiger partial charge in [-0.05, 0) is 96.3 Å². The van der Waals surface area contributed by atoms with Gasteiger partial charge in [0.15, 0.2) is 0 Å². The van der Waals surface area contributed by atoms with Crippen molar-refractivity contribution >= 4 is 14.4 Å². The first-order valence-electron chi connectivity index (χ1n) is 19.1. The molecule has 0 saturated heterocycles. The van der Waals surface area contributed by atoms with Crippen LogP contribution >= 0.6 is 0 Å². The number of hydrogen-bond donors (Lipinski definition) is 0. The number of allylic oxidation sites excluding steroid dienone is 11. The van der Waals surface area contributed by atoms with E-state index < -0.39 is 14.2 Å². The molecular formula is C52H51Si. The molecule has 0 nitrogen and oxygen atoms in total. The first-order chi connectivity index (χ1) is 25.7. The highest BCUT2D eigenvalue weighted by Gasteiger charge is 2.50. The monoisotopic (exact) mass is 703 g/mol. The zero-order valence-corrected chi connectivity index (χ0v) is 33.2. The molecule has 2 aliphatic rings. The van der Waals surface area contributed by atoms with Crippen LogP contribution in [0.25, 0.3) is 27.8 Å². The van der Waals surface area contributed by atoms with E-state index in [0.717, 1.165) is 0 Å². The molecule has 0 spiro atoms. The van der Waals surface area contributed by atoms with Gasteiger partial charge in [0.1, 0.15) is 0 Å². The number of rotatable bonds is 10. The lowest BCUT2D eigenvalue weighted by atomic mass is 9.63. The van der Waals surface area contributed by atoms with Gasteiger partial charge in [0.25, 0.3) is 0 Å². The predicted octanol–water partition coefficient (Wildman–Crippen LogP) is 13.9. The second-order valence-electron chi connectivity index (χ2n) is 15.2. The Bertz CT molecular complexity index is 2190. The Morgan fingerprint density at radius 1 is 0.698 bits per heavy atom. The minimum atomic E-state index is -0.600. The molecule has 263 valence electrons. The molecule has 0 saturated carbocycles. The highest BCUT2D eigenvalue weighted by Crippen LogP contribution is 2.60. The third-order valence-electron chi connectivity index (χ3n) is 11.9. The fraction of sp³-hybridized carbons (Fsp3) is 0.192. The molecule has 2 aliphatic carbocycles. The lowest BCUT2D eigenvalue weighted by Crippen LogP contribution is -2.34. The van der Waals surface area contributed by atoms with Crippen molar-refractivity contribution in [2.24, 2.45) is 5.92 Å². The van der Waals surface area contributed by atoms with Gasteiger partial charge < -0.3 is 0 Å². The van der Waals surface area contributed by atoms with Gasteiger partial charge in [0.05, 0.1) is 14.2 Å². The summed E-state index contributed by atoms with van der Waals surface area (Å²) in [4.78, 5) is 0. The highest BCUT2D eigenvalue weighted by molar-refractivity contribution is 6.60. The van der Waals surface area contributed by atoms with E-state index >= 15 is 0 Å². The molecule has 1 unspecified atom stereocenters. The Hall–Kier alpha value is -5.24. The average Bonchev–Trinajstić information content (AvgIpc) is 3.29. The molecule has 0 aliphatic heterocycles. The summed E-state index contributed by atoms with van der Waals surface area (Å²) in [6.45, 7) is 18.5. The van der Waals surface area contributed by atoms with E-state index in [2.05, 4.69) is 212 Å². The first-order valence-corrected chi connectivity index (χ1v) is 21.3. The number of hydrogen-bond acceptors (Lipinski definition) is 0. The third-order valence-corrected chi connectivity index (χ3v) is 15.4. The summed E-state index contributed by atoms with van der Waals surface area (Å²) < 4.78 is 0. The molecule has 1 heteroatoms. The van der Waals surface area contributed by atoms with E-state index in [1.54, 1.807) is 0 Å². The summed E-state index contributed by atoms with van der Waals surface area (Å²) in [5.41, 5.74) is 16.0. The van der Waals surface area contributed by atoms with Crippen LogP contribution in [0, 0.1) is 5.92 Å². The normalized spacial score (nSPS) is 17.0. The Labute approximate surface area is 320 Å². The number of benzene rings is 5. The van der Waals surface area contributed by atoms with Crippen LogP contribution in [0.2, 0.25) is 12.6 Å². The smallest absolute Gasteiger partial charge is 0.0685 e. The molecular weight excluding hydrogens is 653 g/mol. The van der Waals surface area contributed by atoms with Crippen molar-refractivity contribution in [3.8, 4) is 22.3 Å². The third kappa shape index (κ3) is 6.42. The van der Waals surface area contributed by atoms with Crippen molar-refractivity contribution in [2.75, 3.05) is 0 Å². The van der Waals surface area contributed by atoms with Crippen LogP contribution in [0.3, 0.4) is 0 Å². The highest BCUT2D eigenvalue weighted by atomic mass is 28.3. The predicted molar refractivity (Wildman–Crippen MR) is 231 cm³/mol. The van der Waals surface area contributed by atoms with Crippen molar-refractivity contribution in [1.29, 1.82) is 0 Å². The zero-order valence-electron chi connectivity index (χ0n) is 32.2. The van der Waals surface area contributed by atoms with E-state index in [1.807, 2.05) is 6.08 Å². The van der Waals surface area contributed by atoms with Gasteiger partial charge in [-0.25, -0.2) is 0 Å². The maximum Gasteiger partial charge on any atom is 0.0685 e. The average molecular weight is 704 g/mol. The summed E-state index contributed by atoms with van der Waals surface area (Å²) in [7, 11) is -0.523. The standard InChI is InChI=1S/C52H51Si/c1-8-10-25-44-38(4)52(48-28-19-17-26-45(48)40-21-13-11-14-22-40,49-29-20-18-27-46(49)41-23-15-12-16-24-41)50-36-42(34-37(3)35-47(44)50)39-30-32-43(33-31-39)51(5,6)53(7)9-2/h8,10-37H,1,9H2,2-7H3/b25-10-. The Balaban J connectivity index is 1.57. The van der Waals surface area contributed by atoms with Gasteiger partial charge in [0, 0.05) is 0 Å². The fourth-order valence-corrected chi connectivity index (χ4v) is 10.2. The molecule has 0 amide bonds. The van der Waals surface area contributed by atoms with Crippen LogP contribution < -0.4 is 0 Å². The molecule has 0 heterocycles. The molecule has 53 heavy (non-hydrogen) atoms. The van der Waals surface area contributed by atoms with Crippen LogP contribution in [0.4, 0.5) is 0 Å². The van der Waals surface area contributed by atoms with Crippen LogP contribution in [-0.2, 0) is 10.5 Å². The molecule has 7 rings (SSSR count). The minimum Gasteiger partial charge on any atom is -0.0991 e. The van der Waals surface area contributed by atoms with Crippen LogP contribution in [0.5, 0.6) is 0 Å². The van der Waals surface area contributed by atoms with E-state index in [4.69, 9.17) is 0 Å². The Kier molecular flexibility index (Phi) is 10.2. The van der Waals surface area contributed by atoms with E-state index in [9.17, 15) is 0 Å². The second-order valence-corrected chi connectivity index (χ2v) is 18.7.